The van der Waals surface area contributed by atoms with Crippen molar-refractivity contribution in [2.24, 2.45) is 0 Å². The van der Waals surface area contributed by atoms with E-state index in [1.54, 1.807) is 14.0 Å². The second kappa shape index (κ2) is 8.27. The average molecular weight is 367 g/mol. The summed E-state index contributed by atoms with van der Waals surface area (Å²) in [6, 6.07) is 13.6. The Morgan fingerprint density at radius 2 is 1.93 bits per heavy atom. The molecule has 0 saturated carbocycles. The minimum Gasteiger partial charge on any atom is -0.497 e. The average Bonchev–Trinajstić information content (AvgIpc) is 3.06. The molecule has 0 radical (unpaired) electrons. The minimum absolute atomic E-state index is 0.301. The van der Waals surface area contributed by atoms with Gasteiger partial charge in [-0.1, -0.05) is 44.2 Å². The van der Waals surface area contributed by atoms with Gasteiger partial charge in [0.25, 0.3) is 0 Å². The minimum atomic E-state index is -0.383. The van der Waals surface area contributed by atoms with E-state index in [9.17, 15) is 4.79 Å². The van der Waals surface area contributed by atoms with Gasteiger partial charge in [0.2, 0.25) is 0 Å². The number of benzene rings is 2. The molecule has 1 heterocycles. The first kappa shape index (κ1) is 19.0. The Kier molecular flexibility index (Phi) is 5.81. The van der Waals surface area contributed by atoms with Crippen LogP contribution in [-0.2, 0) is 11.3 Å². The van der Waals surface area contributed by atoms with Gasteiger partial charge in [-0.25, -0.2) is 4.79 Å². The number of hydrogen-bond donors (Lipinski definition) is 1. The van der Waals surface area contributed by atoms with Crippen molar-refractivity contribution in [2.45, 2.75) is 33.4 Å². The van der Waals surface area contributed by atoms with Gasteiger partial charge in [-0.15, -0.1) is 0 Å². The van der Waals surface area contributed by atoms with E-state index >= 15 is 0 Å². The first-order valence-corrected chi connectivity index (χ1v) is 9.14. The number of carbonyl (C=O) groups is 1. The van der Waals surface area contributed by atoms with Crippen LogP contribution in [0.5, 0.6) is 5.75 Å². The number of nitrogens with one attached hydrogen (secondary N) is 1. The van der Waals surface area contributed by atoms with Crippen LogP contribution in [-0.4, -0.2) is 25.7 Å². The van der Waals surface area contributed by atoms with Gasteiger partial charge in [0.1, 0.15) is 22.7 Å². The molecule has 3 aromatic rings. The standard InChI is InChI=1S/C22H25NO4/c1-5-26-22(24)20-19-16(13-23-14(2)3)11-17(25-4)12-18(19)27-21(20)15-9-7-6-8-10-15/h6-12,14,23H,5,13H2,1-4H3. The quantitative estimate of drug-likeness (QED) is 0.609. The fraction of sp³-hybridized carbons (Fsp3) is 0.318. The number of fused-ring (bicyclic) bond motifs is 1. The highest BCUT2D eigenvalue weighted by molar-refractivity contribution is 6.10. The zero-order valence-corrected chi connectivity index (χ0v) is 16.2. The van der Waals surface area contributed by atoms with Crippen molar-refractivity contribution in [2.75, 3.05) is 13.7 Å². The number of ether oxygens (including phenoxy) is 2. The molecule has 0 saturated heterocycles. The van der Waals surface area contributed by atoms with E-state index < -0.39 is 0 Å². The maximum atomic E-state index is 12.8. The van der Waals surface area contributed by atoms with Crippen LogP contribution in [0.1, 0.15) is 36.7 Å². The molecule has 2 aromatic carbocycles. The van der Waals surface area contributed by atoms with Gasteiger partial charge >= 0.3 is 5.97 Å². The highest BCUT2D eigenvalue weighted by Crippen LogP contribution is 2.38. The van der Waals surface area contributed by atoms with Crippen molar-refractivity contribution in [1.82, 2.24) is 5.32 Å². The van der Waals surface area contributed by atoms with Gasteiger partial charge in [-0.2, -0.15) is 0 Å². The largest absolute Gasteiger partial charge is 0.497 e. The van der Waals surface area contributed by atoms with Crippen molar-refractivity contribution in [3.63, 3.8) is 0 Å². The van der Waals surface area contributed by atoms with E-state index in [-0.39, 0.29) is 5.97 Å². The molecule has 5 nitrogen and oxygen atoms in total. The summed E-state index contributed by atoms with van der Waals surface area (Å²) in [6.07, 6.45) is 0. The Labute approximate surface area is 159 Å². The van der Waals surface area contributed by atoms with Crippen LogP contribution in [0, 0.1) is 0 Å². The van der Waals surface area contributed by atoms with Crippen molar-refractivity contribution in [3.05, 3.63) is 53.6 Å². The molecule has 0 bridgehead atoms. The highest BCUT2D eigenvalue weighted by Gasteiger charge is 2.26. The van der Waals surface area contributed by atoms with Gasteiger partial charge in [0.05, 0.1) is 13.7 Å². The zero-order chi connectivity index (χ0) is 19.4. The number of carbonyl (C=O) groups excluding carboxylic acids is 1. The smallest absolute Gasteiger partial charge is 0.342 e. The van der Waals surface area contributed by atoms with Crippen LogP contribution in [0.3, 0.4) is 0 Å². The molecule has 142 valence electrons. The first-order chi connectivity index (χ1) is 13.0. The molecule has 0 amide bonds. The summed E-state index contributed by atoms with van der Waals surface area (Å²) in [5.41, 5.74) is 2.84. The second-order valence-electron chi connectivity index (χ2n) is 6.59. The second-order valence-corrected chi connectivity index (χ2v) is 6.59. The van der Waals surface area contributed by atoms with Gasteiger partial charge in [0, 0.05) is 29.6 Å². The van der Waals surface area contributed by atoms with Gasteiger partial charge in [0.15, 0.2) is 0 Å². The summed E-state index contributed by atoms with van der Waals surface area (Å²) in [4.78, 5) is 12.8. The summed E-state index contributed by atoms with van der Waals surface area (Å²) in [6.45, 7) is 6.84. The van der Waals surface area contributed by atoms with Crippen LogP contribution < -0.4 is 10.1 Å². The third kappa shape index (κ3) is 3.98. The summed E-state index contributed by atoms with van der Waals surface area (Å²) in [7, 11) is 1.62. The number of rotatable bonds is 7. The lowest BCUT2D eigenvalue weighted by atomic mass is 10.0. The lowest BCUT2D eigenvalue weighted by Gasteiger charge is -2.11. The van der Waals surface area contributed by atoms with Crippen molar-refractivity contribution < 1.29 is 18.7 Å². The highest BCUT2D eigenvalue weighted by atomic mass is 16.5. The van der Waals surface area contributed by atoms with Crippen LogP contribution >= 0.6 is 0 Å². The Balaban J connectivity index is 2.27. The molecular formula is C22H25NO4. The van der Waals surface area contributed by atoms with Crippen molar-refractivity contribution >= 4 is 16.9 Å². The van der Waals surface area contributed by atoms with E-state index in [1.807, 2.05) is 42.5 Å². The molecule has 0 spiro atoms. The van der Waals surface area contributed by atoms with Crippen LogP contribution in [0.2, 0.25) is 0 Å². The van der Waals surface area contributed by atoms with Crippen molar-refractivity contribution in [1.29, 1.82) is 0 Å². The molecule has 0 fully saturated rings. The predicted molar refractivity (Wildman–Crippen MR) is 106 cm³/mol. The summed E-state index contributed by atoms with van der Waals surface area (Å²) in [5.74, 6) is 0.820. The van der Waals surface area contributed by atoms with Crippen LogP contribution in [0.4, 0.5) is 0 Å². The summed E-state index contributed by atoms with van der Waals surface area (Å²) < 4.78 is 16.9. The monoisotopic (exact) mass is 367 g/mol. The molecule has 5 heteroatoms. The number of methoxy groups -OCH3 is 1. The molecule has 1 aromatic heterocycles. The number of furan rings is 1. The Bertz CT molecular complexity index is 928. The van der Waals surface area contributed by atoms with Crippen LogP contribution in [0.15, 0.2) is 46.9 Å². The maximum Gasteiger partial charge on any atom is 0.342 e. The Morgan fingerprint density at radius 1 is 1.19 bits per heavy atom. The normalized spacial score (nSPS) is 11.1. The summed E-state index contributed by atoms with van der Waals surface area (Å²) in [5, 5.41) is 4.17. The van der Waals surface area contributed by atoms with Gasteiger partial charge in [-0.05, 0) is 18.6 Å². The number of esters is 1. The summed E-state index contributed by atoms with van der Waals surface area (Å²) >= 11 is 0. The molecule has 0 aliphatic carbocycles. The van der Waals surface area contributed by atoms with E-state index in [0.717, 1.165) is 16.5 Å². The van der Waals surface area contributed by atoms with E-state index in [0.29, 0.717) is 41.8 Å². The lowest BCUT2D eigenvalue weighted by molar-refractivity contribution is 0.0528. The lowest BCUT2D eigenvalue weighted by Crippen LogP contribution is -2.22. The maximum absolute atomic E-state index is 12.8. The fourth-order valence-electron chi connectivity index (χ4n) is 3.05. The first-order valence-electron chi connectivity index (χ1n) is 9.14. The Morgan fingerprint density at radius 3 is 2.56 bits per heavy atom. The molecular weight excluding hydrogens is 342 g/mol. The van der Waals surface area contributed by atoms with Crippen molar-refractivity contribution in [3.8, 4) is 17.1 Å². The molecule has 0 atom stereocenters. The molecule has 0 unspecified atom stereocenters. The van der Waals surface area contributed by atoms with Crippen LogP contribution in [0.25, 0.3) is 22.3 Å². The molecule has 0 aliphatic heterocycles. The predicted octanol–water partition coefficient (Wildman–Crippen LogP) is 4.78. The van der Waals surface area contributed by atoms with Gasteiger partial charge < -0.3 is 19.2 Å². The van der Waals surface area contributed by atoms with E-state index in [1.165, 1.54) is 0 Å². The van der Waals surface area contributed by atoms with Gasteiger partial charge in [-0.3, -0.25) is 0 Å². The molecule has 27 heavy (non-hydrogen) atoms. The molecule has 0 aliphatic rings. The Hall–Kier alpha value is -2.79. The molecule has 1 N–H and O–H groups in total. The van der Waals surface area contributed by atoms with E-state index in [2.05, 4.69) is 19.2 Å². The zero-order valence-electron chi connectivity index (χ0n) is 16.2. The molecule has 3 rings (SSSR count). The topological polar surface area (TPSA) is 60.7 Å². The van der Waals surface area contributed by atoms with E-state index in [4.69, 9.17) is 13.9 Å². The number of hydrogen-bond acceptors (Lipinski definition) is 5. The fourth-order valence-corrected chi connectivity index (χ4v) is 3.05. The SMILES string of the molecule is CCOC(=O)c1c(-c2ccccc2)oc2cc(OC)cc(CNC(C)C)c12. The third-order valence-corrected chi connectivity index (χ3v) is 4.30. The third-order valence-electron chi connectivity index (χ3n) is 4.30.